The van der Waals surface area contributed by atoms with Crippen LogP contribution in [0.3, 0.4) is 0 Å². The van der Waals surface area contributed by atoms with E-state index in [9.17, 15) is 0 Å². The van der Waals surface area contributed by atoms with Crippen LogP contribution in [0.25, 0.3) is 0 Å². The van der Waals surface area contributed by atoms with E-state index in [4.69, 9.17) is 4.74 Å². The second-order valence-electron chi connectivity index (χ2n) is 5.65. The van der Waals surface area contributed by atoms with E-state index in [0.717, 1.165) is 26.2 Å². The lowest BCUT2D eigenvalue weighted by Gasteiger charge is -2.37. The number of rotatable bonds is 10. The van der Waals surface area contributed by atoms with Gasteiger partial charge < -0.3 is 10.1 Å². The molecule has 1 atom stereocenters. The van der Waals surface area contributed by atoms with E-state index in [0.29, 0.717) is 11.5 Å². The first-order chi connectivity index (χ1) is 7.99. The van der Waals surface area contributed by atoms with Gasteiger partial charge in [0.25, 0.3) is 0 Å². The van der Waals surface area contributed by atoms with Crippen LogP contribution in [0.2, 0.25) is 0 Å². The highest BCUT2D eigenvalue weighted by Gasteiger charge is 2.26. The summed E-state index contributed by atoms with van der Waals surface area (Å²) in [6.07, 6.45) is 2.51. The van der Waals surface area contributed by atoms with Crippen molar-refractivity contribution >= 4 is 0 Å². The van der Waals surface area contributed by atoms with Gasteiger partial charge in [0, 0.05) is 32.8 Å². The molecule has 17 heavy (non-hydrogen) atoms. The van der Waals surface area contributed by atoms with Gasteiger partial charge in [0.05, 0.1) is 6.61 Å². The summed E-state index contributed by atoms with van der Waals surface area (Å²) in [6.45, 7) is 13.2. The first kappa shape index (κ1) is 16.9. The Hall–Kier alpha value is -0.120. The van der Waals surface area contributed by atoms with Gasteiger partial charge >= 0.3 is 0 Å². The molecule has 0 aliphatic carbocycles. The molecule has 0 aliphatic rings. The minimum absolute atomic E-state index is 0.363. The fourth-order valence-corrected chi connectivity index (χ4v) is 2.47. The highest BCUT2D eigenvalue weighted by Crippen LogP contribution is 2.24. The van der Waals surface area contributed by atoms with Crippen molar-refractivity contribution in [3.05, 3.63) is 0 Å². The lowest BCUT2D eigenvalue weighted by Crippen LogP contribution is -2.45. The van der Waals surface area contributed by atoms with Gasteiger partial charge in [0.1, 0.15) is 0 Å². The Morgan fingerprint density at radius 1 is 1.35 bits per heavy atom. The Morgan fingerprint density at radius 2 is 2.00 bits per heavy atom. The van der Waals surface area contributed by atoms with Crippen molar-refractivity contribution in [2.75, 3.05) is 40.4 Å². The summed E-state index contributed by atoms with van der Waals surface area (Å²) in [7, 11) is 3.82. The Bertz CT molecular complexity index is 177. The van der Waals surface area contributed by atoms with Crippen molar-refractivity contribution in [1.29, 1.82) is 0 Å². The van der Waals surface area contributed by atoms with Gasteiger partial charge in [0.2, 0.25) is 0 Å². The van der Waals surface area contributed by atoms with E-state index in [-0.39, 0.29) is 0 Å². The monoisotopic (exact) mass is 244 g/mol. The van der Waals surface area contributed by atoms with Crippen LogP contribution >= 0.6 is 0 Å². The van der Waals surface area contributed by atoms with Crippen molar-refractivity contribution in [2.24, 2.45) is 5.41 Å². The van der Waals surface area contributed by atoms with Crippen LogP contribution in [0.1, 0.15) is 40.5 Å². The molecule has 0 aromatic heterocycles. The SMILES string of the molecule is CCCC(C)(CNC)CN(CCOC)C(C)C. The van der Waals surface area contributed by atoms with Gasteiger partial charge in [-0.3, -0.25) is 4.90 Å². The molecule has 0 saturated heterocycles. The fraction of sp³-hybridized carbons (Fsp3) is 1.00. The predicted molar refractivity (Wildman–Crippen MR) is 75.5 cm³/mol. The van der Waals surface area contributed by atoms with Gasteiger partial charge in [-0.2, -0.15) is 0 Å². The van der Waals surface area contributed by atoms with E-state index in [2.05, 4.69) is 37.9 Å². The summed E-state index contributed by atoms with van der Waals surface area (Å²) in [5.74, 6) is 0. The standard InChI is InChI=1S/C14H32N2O/c1-7-8-14(4,11-15-5)12-16(13(2)3)9-10-17-6/h13,15H,7-12H2,1-6H3. The molecule has 0 fully saturated rings. The van der Waals surface area contributed by atoms with Gasteiger partial charge in [-0.15, -0.1) is 0 Å². The van der Waals surface area contributed by atoms with Crippen molar-refractivity contribution in [1.82, 2.24) is 10.2 Å². The number of nitrogens with one attached hydrogen (secondary N) is 1. The van der Waals surface area contributed by atoms with Crippen LogP contribution in [-0.2, 0) is 4.74 Å². The fourth-order valence-electron chi connectivity index (χ4n) is 2.47. The van der Waals surface area contributed by atoms with Gasteiger partial charge in [0.15, 0.2) is 0 Å². The third-order valence-electron chi connectivity index (χ3n) is 3.35. The molecule has 0 saturated carbocycles. The van der Waals surface area contributed by atoms with E-state index < -0.39 is 0 Å². The maximum Gasteiger partial charge on any atom is 0.0589 e. The minimum Gasteiger partial charge on any atom is -0.383 e. The Kier molecular flexibility index (Phi) is 8.83. The maximum atomic E-state index is 5.20. The zero-order chi connectivity index (χ0) is 13.3. The Morgan fingerprint density at radius 3 is 2.41 bits per heavy atom. The molecule has 0 amide bonds. The van der Waals surface area contributed by atoms with Gasteiger partial charge in [-0.1, -0.05) is 20.3 Å². The molecule has 1 N–H and O–H groups in total. The van der Waals surface area contributed by atoms with Gasteiger partial charge in [-0.05, 0) is 32.7 Å². The number of nitrogens with zero attached hydrogens (tertiary/aromatic N) is 1. The van der Waals surface area contributed by atoms with Crippen LogP contribution in [0.4, 0.5) is 0 Å². The van der Waals surface area contributed by atoms with E-state index in [1.54, 1.807) is 7.11 Å². The first-order valence-electron chi connectivity index (χ1n) is 6.86. The summed E-state index contributed by atoms with van der Waals surface area (Å²) >= 11 is 0. The van der Waals surface area contributed by atoms with Crippen LogP contribution in [0, 0.1) is 5.41 Å². The lowest BCUT2D eigenvalue weighted by atomic mass is 9.84. The van der Waals surface area contributed by atoms with Crippen molar-refractivity contribution < 1.29 is 4.74 Å². The summed E-state index contributed by atoms with van der Waals surface area (Å²) in [6, 6.07) is 0.582. The quantitative estimate of drug-likeness (QED) is 0.638. The molecule has 0 bridgehead atoms. The summed E-state index contributed by atoms with van der Waals surface area (Å²) in [5.41, 5.74) is 0.363. The molecule has 0 aromatic rings. The minimum atomic E-state index is 0.363. The van der Waals surface area contributed by atoms with E-state index in [1.165, 1.54) is 12.8 Å². The summed E-state index contributed by atoms with van der Waals surface area (Å²) in [4.78, 5) is 2.52. The molecule has 0 aliphatic heterocycles. The number of methoxy groups -OCH3 is 1. The van der Waals surface area contributed by atoms with E-state index >= 15 is 0 Å². The average molecular weight is 244 g/mol. The zero-order valence-corrected chi connectivity index (χ0v) is 12.7. The topological polar surface area (TPSA) is 24.5 Å². The van der Waals surface area contributed by atoms with E-state index in [1.807, 2.05) is 7.05 Å². The molecular weight excluding hydrogens is 212 g/mol. The highest BCUT2D eigenvalue weighted by molar-refractivity contribution is 4.81. The van der Waals surface area contributed by atoms with Crippen LogP contribution in [0.15, 0.2) is 0 Å². The summed E-state index contributed by atoms with van der Waals surface area (Å²) < 4.78 is 5.20. The van der Waals surface area contributed by atoms with Crippen LogP contribution in [0.5, 0.6) is 0 Å². The Balaban J connectivity index is 4.43. The molecular formula is C14H32N2O. The predicted octanol–water partition coefficient (Wildman–Crippen LogP) is 2.37. The maximum absolute atomic E-state index is 5.20. The summed E-state index contributed by atoms with van der Waals surface area (Å²) in [5, 5.41) is 3.34. The first-order valence-corrected chi connectivity index (χ1v) is 6.86. The third kappa shape index (κ3) is 7.02. The number of ether oxygens (including phenoxy) is 1. The third-order valence-corrected chi connectivity index (χ3v) is 3.35. The normalized spacial score (nSPS) is 15.5. The smallest absolute Gasteiger partial charge is 0.0589 e. The molecule has 0 radical (unpaired) electrons. The molecule has 0 rings (SSSR count). The van der Waals surface area contributed by atoms with Crippen molar-refractivity contribution in [3.63, 3.8) is 0 Å². The Labute approximate surface area is 108 Å². The van der Waals surface area contributed by atoms with Crippen molar-refractivity contribution in [2.45, 2.75) is 46.6 Å². The number of hydrogen-bond donors (Lipinski definition) is 1. The zero-order valence-electron chi connectivity index (χ0n) is 12.7. The number of hydrogen-bond acceptors (Lipinski definition) is 3. The molecule has 0 aromatic carbocycles. The molecule has 0 heterocycles. The van der Waals surface area contributed by atoms with Crippen molar-refractivity contribution in [3.8, 4) is 0 Å². The highest BCUT2D eigenvalue weighted by atomic mass is 16.5. The molecule has 0 spiro atoms. The molecule has 3 heteroatoms. The molecule has 3 nitrogen and oxygen atoms in total. The second kappa shape index (κ2) is 8.90. The van der Waals surface area contributed by atoms with Crippen LogP contribution in [-0.4, -0.2) is 51.3 Å². The lowest BCUT2D eigenvalue weighted by molar-refractivity contribution is 0.0863. The molecule has 104 valence electrons. The second-order valence-corrected chi connectivity index (χ2v) is 5.65. The largest absolute Gasteiger partial charge is 0.383 e. The average Bonchev–Trinajstić information content (AvgIpc) is 2.24. The molecule has 1 unspecified atom stereocenters. The van der Waals surface area contributed by atoms with Crippen LogP contribution < -0.4 is 5.32 Å². The van der Waals surface area contributed by atoms with Gasteiger partial charge in [-0.25, -0.2) is 0 Å².